The molecule has 2 fully saturated rings. The molecule has 1 aromatic rings. The van der Waals surface area contributed by atoms with Gasteiger partial charge in [-0.05, 0) is 83.0 Å². The van der Waals surface area contributed by atoms with Gasteiger partial charge in [0, 0.05) is 11.8 Å². The van der Waals surface area contributed by atoms with Crippen molar-refractivity contribution in [2.75, 3.05) is 0 Å². The number of aromatic hydroxyl groups is 1. The largest absolute Gasteiger partial charge is 0.507 e. The Kier molecular flexibility index (Phi) is 3.01. The van der Waals surface area contributed by atoms with Gasteiger partial charge in [-0.15, -0.1) is 0 Å². The lowest BCUT2D eigenvalue weighted by molar-refractivity contribution is -0.129. The van der Waals surface area contributed by atoms with Crippen LogP contribution in [0.3, 0.4) is 0 Å². The topological polar surface area (TPSA) is 37.3 Å². The molecule has 0 amide bonds. The van der Waals surface area contributed by atoms with Gasteiger partial charge in [-0.3, -0.25) is 4.79 Å². The number of hydrogen-bond donors (Lipinski definition) is 1. The minimum absolute atomic E-state index is 0.0488. The average molecular weight is 349 g/mol. The van der Waals surface area contributed by atoms with E-state index in [1.54, 1.807) is 0 Å². The molecule has 4 atom stereocenters. The summed E-state index contributed by atoms with van der Waals surface area (Å²) < 4.78 is 0.884. The van der Waals surface area contributed by atoms with Crippen molar-refractivity contribution in [3.63, 3.8) is 0 Å². The predicted octanol–water partition coefficient (Wildman–Crippen LogP) is 4.58. The maximum atomic E-state index is 12.3. The molecule has 0 aliphatic heterocycles. The molecular formula is C18H21BrO2. The van der Waals surface area contributed by atoms with Crippen LogP contribution in [-0.2, 0) is 11.2 Å². The zero-order chi connectivity index (χ0) is 14.8. The predicted molar refractivity (Wildman–Crippen MR) is 85.4 cm³/mol. The van der Waals surface area contributed by atoms with Gasteiger partial charge in [-0.25, -0.2) is 0 Å². The molecule has 4 rings (SSSR count). The van der Waals surface area contributed by atoms with Gasteiger partial charge in [-0.1, -0.05) is 13.0 Å². The third-order valence-corrected chi connectivity index (χ3v) is 7.42. The van der Waals surface area contributed by atoms with Crippen molar-refractivity contribution in [1.82, 2.24) is 0 Å². The third kappa shape index (κ3) is 1.79. The first-order valence-corrected chi connectivity index (χ1v) is 8.85. The summed E-state index contributed by atoms with van der Waals surface area (Å²) in [4.78, 5) is 12.3. The first kappa shape index (κ1) is 13.8. The molecule has 112 valence electrons. The van der Waals surface area contributed by atoms with Gasteiger partial charge in [0.2, 0.25) is 0 Å². The summed E-state index contributed by atoms with van der Waals surface area (Å²) in [6, 6.07) is 3.94. The Balaban J connectivity index is 1.75. The van der Waals surface area contributed by atoms with Crippen LogP contribution in [0.5, 0.6) is 5.75 Å². The lowest BCUT2D eigenvalue weighted by Gasteiger charge is -2.48. The number of benzene rings is 1. The van der Waals surface area contributed by atoms with Gasteiger partial charge >= 0.3 is 0 Å². The molecular weight excluding hydrogens is 328 g/mol. The number of Topliss-reactive ketones (excluding diaryl/α,β-unsaturated/α-hetero) is 1. The molecule has 0 bridgehead atoms. The van der Waals surface area contributed by atoms with E-state index in [9.17, 15) is 9.90 Å². The summed E-state index contributed by atoms with van der Waals surface area (Å²) in [5.41, 5.74) is 2.66. The van der Waals surface area contributed by atoms with Crippen molar-refractivity contribution in [2.45, 2.75) is 51.4 Å². The second-order valence-corrected chi connectivity index (χ2v) is 8.09. The molecule has 3 heteroatoms. The third-order valence-electron chi connectivity index (χ3n) is 6.53. The molecule has 21 heavy (non-hydrogen) atoms. The highest BCUT2D eigenvalue weighted by molar-refractivity contribution is 9.10. The highest BCUT2D eigenvalue weighted by atomic mass is 79.9. The summed E-state index contributed by atoms with van der Waals surface area (Å²) in [6.45, 7) is 2.21. The molecule has 0 saturated heterocycles. The monoisotopic (exact) mass is 348 g/mol. The summed E-state index contributed by atoms with van der Waals surface area (Å²) in [6.07, 6.45) is 6.21. The van der Waals surface area contributed by atoms with E-state index in [0.717, 1.165) is 43.0 Å². The Morgan fingerprint density at radius 2 is 2.05 bits per heavy atom. The summed E-state index contributed by atoms with van der Waals surface area (Å²) in [7, 11) is 0. The molecule has 1 aromatic carbocycles. The molecule has 1 N–H and O–H groups in total. The Labute approximate surface area is 134 Å². The van der Waals surface area contributed by atoms with E-state index in [0.29, 0.717) is 29.3 Å². The van der Waals surface area contributed by atoms with Crippen LogP contribution in [0.2, 0.25) is 0 Å². The van der Waals surface area contributed by atoms with E-state index in [1.807, 2.05) is 6.07 Å². The van der Waals surface area contributed by atoms with Crippen LogP contribution < -0.4 is 0 Å². The van der Waals surface area contributed by atoms with Crippen molar-refractivity contribution in [3.8, 4) is 5.75 Å². The SMILES string of the molecule is C[C@]12CC[C@@H]3c4ccc(O)c(Br)c4CC[C@@H]3[C@H]1CCC2=O. The van der Waals surface area contributed by atoms with E-state index in [2.05, 4.69) is 28.9 Å². The number of phenols is 1. The molecule has 0 spiro atoms. The van der Waals surface area contributed by atoms with Crippen molar-refractivity contribution in [3.05, 3.63) is 27.7 Å². The Bertz CT molecular complexity index is 624. The summed E-state index contributed by atoms with van der Waals surface area (Å²) in [5, 5.41) is 9.91. The van der Waals surface area contributed by atoms with E-state index >= 15 is 0 Å². The van der Waals surface area contributed by atoms with E-state index in [1.165, 1.54) is 11.1 Å². The van der Waals surface area contributed by atoms with Crippen molar-refractivity contribution >= 4 is 21.7 Å². The van der Waals surface area contributed by atoms with Gasteiger partial charge < -0.3 is 5.11 Å². The number of fused-ring (bicyclic) bond motifs is 5. The number of hydrogen-bond acceptors (Lipinski definition) is 2. The number of carbonyl (C=O) groups excluding carboxylic acids is 1. The van der Waals surface area contributed by atoms with Crippen LogP contribution in [0, 0.1) is 17.3 Å². The minimum atomic E-state index is -0.0488. The second-order valence-electron chi connectivity index (χ2n) is 7.30. The Morgan fingerprint density at radius 1 is 1.24 bits per heavy atom. The van der Waals surface area contributed by atoms with Crippen molar-refractivity contribution in [1.29, 1.82) is 0 Å². The highest BCUT2D eigenvalue weighted by Crippen LogP contribution is 2.60. The molecule has 0 aromatic heterocycles. The van der Waals surface area contributed by atoms with Crippen molar-refractivity contribution in [2.24, 2.45) is 17.3 Å². The van der Waals surface area contributed by atoms with Crippen LogP contribution in [-0.4, -0.2) is 10.9 Å². The first-order chi connectivity index (χ1) is 10.0. The smallest absolute Gasteiger partial charge is 0.139 e. The molecule has 0 unspecified atom stereocenters. The molecule has 0 heterocycles. The summed E-state index contributed by atoms with van der Waals surface area (Å²) >= 11 is 3.55. The Morgan fingerprint density at radius 3 is 2.86 bits per heavy atom. The van der Waals surface area contributed by atoms with Gasteiger partial charge in [0.1, 0.15) is 11.5 Å². The number of rotatable bonds is 0. The fourth-order valence-corrected chi connectivity index (χ4v) is 5.94. The first-order valence-electron chi connectivity index (χ1n) is 8.06. The van der Waals surface area contributed by atoms with Crippen LogP contribution in [0.4, 0.5) is 0 Å². The van der Waals surface area contributed by atoms with Gasteiger partial charge in [0.05, 0.1) is 4.47 Å². The zero-order valence-electron chi connectivity index (χ0n) is 12.4. The molecule has 3 aliphatic rings. The van der Waals surface area contributed by atoms with E-state index in [-0.39, 0.29) is 5.41 Å². The lowest BCUT2D eigenvalue weighted by atomic mass is 9.55. The molecule has 3 aliphatic carbocycles. The standard InChI is InChI=1S/C18H21BrO2/c1-18-9-8-11-10-4-6-15(20)17(19)13(10)3-2-12(11)14(18)5-7-16(18)21/h4,6,11-12,14,20H,2-3,5,7-9H2,1H3/t11-,12+,14-,18+/m1/s1. The number of phenolic OH excluding ortho intramolecular Hbond substituents is 1. The van der Waals surface area contributed by atoms with Crippen LogP contribution in [0.15, 0.2) is 16.6 Å². The second kappa shape index (κ2) is 4.58. The van der Waals surface area contributed by atoms with Gasteiger partial charge in [0.25, 0.3) is 0 Å². The summed E-state index contributed by atoms with van der Waals surface area (Å²) in [5.74, 6) is 2.66. The van der Waals surface area contributed by atoms with Gasteiger partial charge in [-0.2, -0.15) is 0 Å². The maximum Gasteiger partial charge on any atom is 0.139 e. The van der Waals surface area contributed by atoms with E-state index in [4.69, 9.17) is 0 Å². The van der Waals surface area contributed by atoms with Gasteiger partial charge in [0.15, 0.2) is 0 Å². The quantitative estimate of drug-likeness (QED) is 0.744. The fourth-order valence-electron chi connectivity index (χ4n) is 5.38. The van der Waals surface area contributed by atoms with Crippen LogP contribution >= 0.6 is 15.9 Å². The average Bonchev–Trinajstić information content (AvgIpc) is 2.78. The minimum Gasteiger partial charge on any atom is -0.507 e. The number of ketones is 1. The normalized spacial score (nSPS) is 37.8. The lowest BCUT2D eigenvalue weighted by Crippen LogP contribution is -2.42. The molecule has 0 radical (unpaired) electrons. The number of carbonyl (C=O) groups is 1. The fraction of sp³-hybridized carbons (Fsp3) is 0.611. The van der Waals surface area contributed by atoms with Crippen LogP contribution in [0.25, 0.3) is 0 Å². The molecule has 2 saturated carbocycles. The van der Waals surface area contributed by atoms with Crippen molar-refractivity contribution < 1.29 is 9.90 Å². The number of halogens is 1. The molecule has 2 nitrogen and oxygen atoms in total. The Hall–Kier alpha value is -0.830. The van der Waals surface area contributed by atoms with E-state index < -0.39 is 0 Å². The maximum absolute atomic E-state index is 12.3. The highest BCUT2D eigenvalue weighted by Gasteiger charge is 2.54. The zero-order valence-corrected chi connectivity index (χ0v) is 13.9. The van der Waals surface area contributed by atoms with Crippen LogP contribution in [0.1, 0.15) is 56.1 Å².